The predicted octanol–water partition coefficient (Wildman–Crippen LogP) is 4.60. The molecule has 0 saturated carbocycles. The van der Waals surface area contributed by atoms with Gasteiger partial charge in [0.1, 0.15) is 5.82 Å². The van der Waals surface area contributed by atoms with E-state index < -0.39 is 5.41 Å². The second-order valence-corrected chi connectivity index (χ2v) is 7.81. The number of aryl methyl sites for hydroxylation is 1. The van der Waals surface area contributed by atoms with E-state index in [1.54, 1.807) is 12.1 Å². The third-order valence-corrected chi connectivity index (χ3v) is 5.61. The van der Waals surface area contributed by atoms with E-state index in [9.17, 15) is 9.18 Å². The van der Waals surface area contributed by atoms with Crippen molar-refractivity contribution in [2.24, 2.45) is 0 Å². The molecule has 144 valence electrons. The fraction of sp³-hybridized carbons (Fsp3) is 0.292. The van der Waals surface area contributed by atoms with E-state index in [1.807, 2.05) is 6.92 Å². The molecule has 28 heavy (non-hydrogen) atoms. The number of allylic oxidation sites excluding steroid dienone is 2. The van der Waals surface area contributed by atoms with Crippen LogP contribution in [0.1, 0.15) is 24.0 Å². The average Bonchev–Trinajstić information content (AvgIpc) is 2.68. The van der Waals surface area contributed by atoms with Crippen molar-refractivity contribution in [2.75, 3.05) is 25.0 Å². The first-order valence-electron chi connectivity index (χ1n) is 9.77. The number of hydrogen-bond acceptors (Lipinski definition) is 2. The van der Waals surface area contributed by atoms with Crippen molar-refractivity contribution in [3.63, 3.8) is 0 Å². The highest BCUT2D eigenvalue weighted by atomic mass is 19.1. The average molecular weight is 376 g/mol. The number of amides is 1. The lowest BCUT2D eigenvalue weighted by atomic mass is 9.72. The maximum Gasteiger partial charge on any atom is 0.237 e. The molecule has 1 saturated heterocycles. The number of hydrogen-bond donors (Lipinski definition) is 1. The Morgan fingerprint density at radius 1 is 1.07 bits per heavy atom. The minimum Gasteiger partial charge on any atom is -0.325 e. The molecular weight excluding hydrogens is 351 g/mol. The van der Waals surface area contributed by atoms with Crippen molar-refractivity contribution >= 4 is 11.6 Å². The highest BCUT2D eigenvalue weighted by Crippen LogP contribution is 2.37. The summed E-state index contributed by atoms with van der Waals surface area (Å²) in [5, 5.41) is 2.99. The molecule has 3 nitrogen and oxygen atoms in total. The number of carbonyl (C=O) groups is 1. The summed E-state index contributed by atoms with van der Waals surface area (Å²) in [6, 6.07) is 14.1. The second-order valence-electron chi connectivity index (χ2n) is 7.81. The Morgan fingerprint density at radius 3 is 2.43 bits per heavy atom. The summed E-state index contributed by atoms with van der Waals surface area (Å²) in [5.41, 5.74) is 3.56. The van der Waals surface area contributed by atoms with Crippen molar-refractivity contribution in [2.45, 2.75) is 25.2 Å². The zero-order valence-corrected chi connectivity index (χ0v) is 16.1. The number of carbonyl (C=O) groups excluding carboxylic acids is 1. The van der Waals surface area contributed by atoms with Crippen LogP contribution in [0.15, 0.2) is 72.3 Å². The lowest BCUT2D eigenvalue weighted by molar-refractivity contribution is -0.127. The molecular formula is C24H25FN2O. The first kappa shape index (κ1) is 18.6. The number of rotatable bonds is 5. The van der Waals surface area contributed by atoms with Gasteiger partial charge >= 0.3 is 0 Å². The van der Waals surface area contributed by atoms with E-state index in [2.05, 4.69) is 52.7 Å². The van der Waals surface area contributed by atoms with E-state index in [0.29, 0.717) is 18.8 Å². The van der Waals surface area contributed by atoms with Gasteiger partial charge in [-0.15, -0.1) is 0 Å². The maximum absolute atomic E-state index is 13.3. The molecule has 1 fully saturated rings. The summed E-state index contributed by atoms with van der Waals surface area (Å²) >= 11 is 0. The van der Waals surface area contributed by atoms with Crippen molar-refractivity contribution in [1.82, 2.24) is 4.90 Å². The first-order chi connectivity index (χ1) is 13.5. The van der Waals surface area contributed by atoms with Gasteiger partial charge in [-0.1, -0.05) is 48.1 Å². The number of benzene rings is 2. The largest absolute Gasteiger partial charge is 0.325 e. The van der Waals surface area contributed by atoms with Gasteiger partial charge in [0, 0.05) is 25.3 Å². The number of nitrogens with one attached hydrogen (secondary N) is 1. The molecule has 2 aromatic carbocycles. The fourth-order valence-electron chi connectivity index (χ4n) is 3.99. The van der Waals surface area contributed by atoms with Gasteiger partial charge in [-0.3, -0.25) is 9.69 Å². The molecule has 4 rings (SSSR count). The topological polar surface area (TPSA) is 32.3 Å². The highest BCUT2D eigenvalue weighted by molar-refractivity contribution is 6.00. The van der Waals surface area contributed by atoms with Crippen LogP contribution in [0, 0.1) is 12.7 Å². The Labute approximate surface area is 165 Å². The molecule has 1 N–H and O–H groups in total. The van der Waals surface area contributed by atoms with Gasteiger partial charge in [0.2, 0.25) is 5.91 Å². The second kappa shape index (κ2) is 7.72. The van der Waals surface area contributed by atoms with Crippen LogP contribution in [-0.4, -0.2) is 30.4 Å². The van der Waals surface area contributed by atoms with Gasteiger partial charge < -0.3 is 5.32 Å². The Hall–Kier alpha value is -2.72. The van der Waals surface area contributed by atoms with Gasteiger partial charge in [0.05, 0.1) is 5.41 Å². The zero-order valence-electron chi connectivity index (χ0n) is 16.1. The van der Waals surface area contributed by atoms with Crippen LogP contribution in [-0.2, 0) is 10.2 Å². The maximum atomic E-state index is 13.3. The molecule has 0 unspecified atom stereocenters. The SMILES string of the molecule is Cc1ccc(C2(C(=O)Nc3ccc(F)cc3)CN(CC3=CCCC=C3)C2)cc1. The minimum atomic E-state index is -0.582. The molecule has 1 aliphatic carbocycles. The van der Waals surface area contributed by atoms with Crippen LogP contribution in [0.25, 0.3) is 0 Å². The quantitative estimate of drug-likeness (QED) is 0.827. The summed E-state index contributed by atoms with van der Waals surface area (Å²) in [5.74, 6) is -0.345. The van der Waals surface area contributed by atoms with Gasteiger partial charge in [-0.05, 0) is 55.2 Å². The number of anilines is 1. The van der Waals surface area contributed by atoms with Crippen LogP contribution in [0.4, 0.5) is 10.1 Å². The van der Waals surface area contributed by atoms with Crippen LogP contribution < -0.4 is 5.32 Å². The lowest BCUT2D eigenvalue weighted by Crippen LogP contribution is -2.65. The van der Waals surface area contributed by atoms with Crippen LogP contribution in [0.5, 0.6) is 0 Å². The third-order valence-electron chi connectivity index (χ3n) is 5.61. The summed E-state index contributed by atoms with van der Waals surface area (Å²) in [6.45, 7) is 4.26. The Bertz CT molecular complexity index is 907. The molecule has 2 aromatic rings. The van der Waals surface area contributed by atoms with Gasteiger partial charge in [-0.2, -0.15) is 0 Å². The highest BCUT2D eigenvalue weighted by Gasteiger charge is 2.50. The smallest absolute Gasteiger partial charge is 0.237 e. The van der Waals surface area contributed by atoms with Crippen LogP contribution >= 0.6 is 0 Å². The van der Waals surface area contributed by atoms with E-state index in [1.165, 1.54) is 23.3 Å². The Morgan fingerprint density at radius 2 is 1.79 bits per heavy atom. The Kier molecular flexibility index (Phi) is 5.14. The van der Waals surface area contributed by atoms with Crippen molar-refractivity contribution in [3.05, 3.63) is 89.3 Å². The zero-order chi connectivity index (χ0) is 19.6. The van der Waals surface area contributed by atoms with Crippen LogP contribution in [0.3, 0.4) is 0 Å². The van der Waals surface area contributed by atoms with Crippen molar-refractivity contribution < 1.29 is 9.18 Å². The summed E-state index contributed by atoms with van der Waals surface area (Å²) in [6.07, 6.45) is 8.88. The van der Waals surface area contributed by atoms with E-state index >= 15 is 0 Å². The van der Waals surface area contributed by atoms with E-state index in [-0.39, 0.29) is 11.7 Å². The summed E-state index contributed by atoms with van der Waals surface area (Å²) < 4.78 is 13.2. The standard InChI is InChI=1S/C24H25FN2O/c1-18-7-9-20(10-8-18)24(23(28)26-22-13-11-21(25)12-14-22)16-27(17-24)15-19-5-3-2-4-6-19/h3,5-14H,2,4,15-17H2,1H3,(H,26,28). The molecule has 1 aliphatic heterocycles. The molecule has 1 heterocycles. The fourth-order valence-corrected chi connectivity index (χ4v) is 3.99. The number of halogens is 1. The first-order valence-corrected chi connectivity index (χ1v) is 9.77. The van der Waals surface area contributed by atoms with Gasteiger partial charge in [-0.25, -0.2) is 4.39 Å². The normalized spacial score (nSPS) is 18.3. The molecule has 2 aliphatic rings. The summed E-state index contributed by atoms with van der Waals surface area (Å²) in [4.78, 5) is 15.6. The molecule has 0 spiro atoms. The number of nitrogens with zero attached hydrogens (tertiary/aromatic N) is 1. The van der Waals surface area contributed by atoms with Crippen molar-refractivity contribution in [3.8, 4) is 0 Å². The molecule has 0 aromatic heterocycles. The van der Waals surface area contributed by atoms with Gasteiger partial charge in [0.15, 0.2) is 0 Å². The minimum absolute atomic E-state index is 0.0348. The third kappa shape index (κ3) is 3.78. The molecule has 0 atom stereocenters. The van der Waals surface area contributed by atoms with E-state index in [4.69, 9.17) is 0 Å². The molecule has 0 bridgehead atoms. The predicted molar refractivity (Wildman–Crippen MR) is 111 cm³/mol. The Balaban J connectivity index is 1.53. The molecule has 4 heteroatoms. The van der Waals surface area contributed by atoms with Crippen molar-refractivity contribution in [1.29, 1.82) is 0 Å². The monoisotopic (exact) mass is 376 g/mol. The lowest BCUT2D eigenvalue weighted by Gasteiger charge is -2.49. The van der Waals surface area contributed by atoms with Gasteiger partial charge in [0.25, 0.3) is 0 Å². The van der Waals surface area contributed by atoms with Crippen LogP contribution in [0.2, 0.25) is 0 Å². The molecule has 0 radical (unpaired) electrons. The van der Waals surface area contributed by atoms with E-state index in [0.717, 1.165) is 24.9 Å². The summed E-state index contributed by atoms with van der Waals surface area (Å²) in [7, 11) is 0. The molecule has 1 amide bonds. The number of likely N-dealkylation sites (tertiary alicyclic amines) is 1.